The lowest BCUT2D eigenvalue weighted by atomic mass is 12.4. The Kier molecular flexibility index (Phi) is 3.93. The van der Waals surface area contributed by atoms with Gasteiger partial charge in [0.1, 0.15) is 0 Å². The van der Waals surface area contributed by atoms with Gasteiger partial charge in [-0.3, -0.25) is 0 Å². The number of hydrogen-bond donors (Lipinski definition) is 4. The van der Waals surface area contributed by atoms with E-state index >= 15 is 0 Å². The van der Waals surface area contributed by atoms with E-state index < -0.39 is 5.34 Å². The molecule has 0 heterocycles. The van der Waals surface area contributed by atoms with Crippen LogP contribution in [0.4, 0.5) is 0 Å². The van der Waals surface area contributed by atoms with Crippen LogP contribution in [0.1, 0.15) is 0 Å². The highest BCUT2D eigenvalue weighted by molar-refractivity contribution is 3.86. The summed E-state index contributed by atoms with van der Waals surface area (Å²) in [6, 6.07) is 0. The van der Waals surface area contributed by atoms with Crippen molar-refractivity contribution in [3.05, 3.63) is 5.21 Å². The van der Waals surface area contributed by atoms with Gasteiger partial charge in [0.15, 0.2) is 0 Å². The minimum absolute atomic E-state index is 0.991. The molecule has 0 aliphatic carbocycles. The van der Waals surface area contributed by atoms with Gasteiger partial charge in [0, 0.05) is 0 Å². The Morgan fingerprint density at radius 2 is 2.38 bits per heavy atom. The maximum atomic E-state index is 9.94. The molecule has 8 nitrogen and oxygen atoms in total. The van der Waals surface area contributed by atoms with Crippen LogP contribution < -0.4 is 22.6 Å². The molecule has 0 saturated heterocycles. The lowest BCUT2D eigenvalue weighted by Gasteiger charge is -2.06. The predicted molar refractivity (Wildman–Crippen MR) is 21.8 cm³/mol. The molecule has 0 aliphatic rings. The van der Waals surface area contributed by atoms with Gasteiger partial charge < -0.3 is 11.0 Å². The Labute approximate surface area is 44.5 Å². The second-order valence-corrected chi connectivity index (χ2v) is 0.701. The van der Waals surface area contributed by atoms with Crippen molar-refractivity contribution in [3.63, 3.8) is 0 Å². The zero-order chi connectivity index (χ0) is 6.41. The highest BCUT2D eigenvalue weighted by Crippen LogP contribution is 1.43. The molecule has 8 heteroatoms. The van der Waals surface area contributed by atoms with Gasteiger partial charge in [0.05, 0.1) is 5.22 Å². The molecular formula is H6N6O2. The minimum Gasteiger partial charge on any atom is -0.569 e. The normalized spacial score (nSPS) is 14.8. The number of nitrogens with two attached hydrogens (primary N) is 2. The standard InChI is InChI=1S/H6N6O2/c1-3-5-6(7)8-4-2/h4,6H,2H2,(H2,1,5). The van der Waals surface area contributed by atoms with Gasteiger partial charge in [-0.25, -0.2) is 5.84 Å². The molecule has 0 amide bonds. The SMILES string of the molecule is N/N=N\[NH+]([O-])ONN. The van der Waals surface area contributed by atoms with Crippen LogP contribution in [0.5, 0.6) is 0 Å². The molecule has 8 heavy (non-hydrogen) atoms. The summed E-state index contributed by atoms with van der Waals surface area (Å²) in [6.07, 6.45) is 0. The number of nitrogens with one attached hydrogen (secondary N) is 2. The van der Waals surface area contributed by atoms with E-state index in [1.165, 1.54) is 0 Å². The van der Waals surface area contributed by atoms with E-state index in [2.05, 4.69) is 27.1 Å². The molecule has 0 rings (SSSR count). The molecule has 0 radical (unpaired) electrons. The van der Waals surface area contributed by atoms with Crippen LogP contribution >= 0.6 is 0 Å². The van der Waals surface area contributed by atoms with Gasteiger partial charge in [-0.2, -0.15) is 0 Å². The third kappa shape index (κ3) is 3.39. The van der Waals surface area contributed by atoms with Gasteiger partial charge in [-0.1, -0.05) is 15.9 Å². The summed E-state index contributed by atoms with van der Waals surface area (Å²) in [4.78, 5) is 3.83. The molecule has 1 unspecified atom stereocenters. The van der Waals surface area contributed by atoms with Crippen molar-refractivity contribution in [2.45, 2.75) is 0 Å². The highest BCUT2D eigenvalue weighted by Gasteiger charge is 1.86. The lowest BCUT2D eigenvalue weighted by molar-refractivity contribution is -1.07. The molecule has 0 aromatic rings. The molecule has 6 N–H and O–H groups in total. The second-order valence-electron chi connectivity index (χ2n) is 0.701. The monoisotopic (exact) mass is 122 g/mol. The molecular weight excluding hydrogens is 116 g/mol. The van der Waals surface area contributed by atoms with Crippen LogP contribution in [-0.4, -0.2) is 0 Å². The van der Waals surface area contributed by atoms with Crippen molar-refractivity contribution < 1.29 is 10.3 Å². The van der Waals surface area contributed by atoms with E-state index in [9.17, 15) is 5.21 Å². The van der Waals surface area contributed by atoms with Crippen LogP contribution in [0.3, 0.4) is 0 Å². The highest BCUT2D eigenvalue weighted by atomic mass is 17.0. The van der Waals surface area contributed by atoms with Crippen molar-refractivity contribution >= 4 is 0 Å². The summed E-state index contributed by atoms with van der Waals surface area (Å²) in [7, 11) is 0. The van der Waals surface area contributed by atoms with E-state index in [1.54, 1.807) is 5.59 Å². The maximum Gasteiger partial charge on any atom is 0.0843 e. The van der Waals surface area contributed by atoms with Gasteiger partial charge in [0.2, 0.25) is 0 Å². The van der Waals surface area contributed by atoms with Crippen molar-refractivity contribution in [1.29, 1.82) is 0 Å². The molecule has 0 fully saturated rings. The number of rotatable bonds is 3. The average molecular weight is 122 g/mol. The fraction of sp³-hybridized carbons (Fsp3) is 0. The van der Waals surface area contributed by atoms with Crippen LogP contribution in [0.15, 0.2) is 10.4 Å². The number of nitrogens with zero attached hydrogens (tertiary/aromatic N) is 2. The summed E-state index contributed by atoms with van der Waals surface area (Å²) in [5.74, 6) is 8.97. The van der Waals surface area contributed by atoms with Crippen molar-refractivity contribution in [2.75, 3.05) is 0 Å². The Hall–Kier alpha value is -0.800. The second kappa shape index (κ2) is 4.36. The Morgan fingerprint density at radius 1 is 1.75 bits per heavy atom. The number of quaternary nitrogens is 1. The fourth-order valence-corrected chi connectivity index (χ4v) is 0.118. The number of hydrogen-bond acceptors (Lipinski definition) is 6. The predicted octanol–water partition coefficient (Wildman–Crippen LogP) is -3.08. The quantitative estimate of drug-likeness (QED) is 0.179. The Morgan fingerprint density at radius 3 is 2.75 bits per heavy atom. The molecule has 0 aliphatic heterocycles. The van der Waals surface area contributed by atoms with E-state index in [1.807, 2.05) is 0 Å². The third-order valence-electron chi connectivity index (χ3n) is 0.286. The minimum atomic E-state index is -0.991. The van der Waals surface area contributed by atoms with Crippen LogP contribution in [0.25, 0.3) is 0 Å². The molecule has 0 aromatic carbocycles. The Bertz CT molecular complexity index is 68.9. The topological polar surface area (TPSA) is 126 Å². The van der Waals surface area contributed by atoms with Crippen molar-refractivity contribution in [2.24, 2.45) is 22.1 Å². The van der Waals surface area contributed by atoms with Crippen LogP contribution in [0.2, 0.25) is 0 Å². The van der Waals surface area contributed by atoms with Gasteiger partial charge >= 0.3 is 0 Å². The molecule has 0 spiro atoms. The van der Waals surface area contributed by atoms with Crippen molar-refractivity contribution in [1.82, 2.24) is 5.59 Å². The first-order valence-electron chi connectivity index (χ1n) is 1.58. The summed E-state index contributed by atoms with van der Waals surface area (Å²) in [6.45, 7) is 0. The zero-order valence-electron chi connectivity index (χ0n) is 3.87. The molecule has 0 aromatic heterocycles. The van der Waals surface area contributed by atoms with Gasteiger partial charge in [-0.15, -0.1) is 0 Å². The van der Waals surface area contributed by atoms with Crippen LogP contribution in [0, 0.1) is 5.21 Å². The first-order chi connectivity index (χ1) is 3.81. The summed E-state index contributed by atoms with van der Waals surface area (Å²) < 4.78 is 0. The third-order valence-corrected chi connectivity index (χ3v) is 0.286. The average Bonchev–Trinajstić information content (AvgIpc) is 1.68. The van der Waals surface area contributed by atoms with Gasteiger partial charge in [0.25, 0.3) is 0 Å². The fourth-order valence-electron chi connectivity index (χ4n) is 0.118. The van der Waals surface area contributed by atoms with Crippen LogP contribution in [-0.2, 0) is 4.94 Å². The van der Waals surface area contributed by atoms with E-state index in [0.29, 0.717) is 0 Å². The summed E-state index contributed by atoms with van der Waals surface area (Å²) >= 11 is 0. The zero-order valence-corrected chi connectivity index (χ0v) is 3.87. The smallest absolute Gasteiger partial charge is 0.0843 e. The summed E-state index contributed by atoms with van der Waals surface area (Å²) in [5, 5.41) is 14.3. The first kappa shape index (κ1) is 7.20. The maximum absolute atomic E-state index is 9.94. The van der Waals surface area contributed by atoms with E-state index in [4.69, 9.17) is 0 Å². The summed E-state index contributed by atoms with van der Waals surface area (Å²) in [5.41, 5.74) is 1.59. The molecule has 1 atom stereocenters. The molecule has 0 saturated carbocycles. The lowest BCUT2D eigenvalue weighted by Crippen LogP contribution is -3.02. The molecule has 48 valence electrons. The molecule has 0 bridgehead atoms. The number of hydrazine groups is 1. The Balaban J connectivity index is 3.17. The van der Waals surface area contributed by atoms with Crippen molar-refractivity contribution in [3.8, 4) is 0 Å². The largest absolute Gasteiger partial charge is 0.569 e. The van der Waals surface area contributed by atoms with E-state index in [-0.39, 0.29) is 0 Å². The van der Waals surface area contributed by atoms with E-state index in [0.717, 1.165) is 0 Å². The van der Waals surface area contributed by atoms with Gasteiger partial charge in [-0.05, 0) is 5.22 Å². The first-order valence-corrected chi connectivity index (χ1v) is 1.58.